The van der Waals surface area contributed by atoms with Crippen molar-refractivity contribution in [3.63, 3.8) is 0 Å². The van der Waals surface area contributed by atoms with Crippen molar-refractivity contribution in [2.45, 2.75) is 38.3 Å². The van der Waals surface area contributed by atoms with E-state index in [9.17, 15) is 28.2 Å². The first kappa shape index (κ1) is 17.4. The molecule has 126 valence electrons. The summed E-state index contributed by atoms with van der Waals surface area (Å²) in [5.74, 6) is -1.71. The highest BCUT2D eigenvalue weighted by molar-refractivity contribution is 5.93. The number of alkyl halides is 3. The van der Waals surface area contributed by atoms with Gasteiger partial charge in [0.15, 0.2) is 6.10 Å². The van der Waals surface area contributed by atoms with Gasteiger partial charge in [-0.3, -0.25) is 4.79 Å². The summed E-state index contributed by atoms with van der Waals surface area (Å²) in [5, 5.41) is 23.6. The van der Waals surface area contributed by atoms with Crippen LogP contribution in [-0.2, 0) is 4.79 Å². The van der Waals surface area contributed by atoms with Crippen LogP contribution in [0.5, 0.6) is 0 Å². The number of hydrazone groups is 1. The molecule has 0 bridgehead atoms. The minimum Gasteiger partial charge on any atom is -0.378 e. The fourth-order valence-electron chi connectivity index (χ4n) is 2.24. The van der Waals surface area contributed by atoms with E-state index >= 15 is 0 Å². The lowest BCUT2D eigenvalue weighted by atomic mass is 9.98. The van der Waals surface area contributed by atoms with Gasteiger partial charge in [0.25, 0.3) is 11.6 Å². The largest absolute Gasteiger partial charge is 0.438 e. The zero-order valence-electron chi connectivity index (χ0n) is 12.6. The Hall–Kier alpha value is -1.93. The monoisotopic (exact) mass is 330 g/mol. The van der Waals surface area contributed by atoms with Gasteiger partial charge < -0.3 is 10.2 Å². The molecule has 1 heterocycles. The lowest BCUT2D eigenvalue weighted by Gasteiger charge is -2.33. The number of halogens is 3. The number of aliphatic hydroxyl groups excluding tert-OH is 1. The lowest BCUT2D eigenvalue weighted by Crippen LogP contribution is -2.57. The molecule has 1 amide bonds. The average molecular weight is 330 g/mol. The molecule has 1 aromatic carbocycles. The predicted octanol–water partition coefficient (Wildman–Crippen LogP) is 2.22. The van der Waals surface area contributed by atoms with E-state index in [0.29, 0.717) is 0 Å². The number of hydrogen-bond donors (Lipinski definition) is 2. The number of carbonyl (C=O) groups excluding carboxylic acids is 1. The number of nitrogens with zero attached hydrogens (tertiary/aromatic N) is 2. The molecule has 1 aromatic rings. The number of aliphatic hydroxyl groups is 2. The van der Waals surface area contributed by atoms with Gasteiger partial charge in [0.05, 0.1) is 0 Å². The van der Waals surface area contributed by atoms with Crippen molar-refractivity contribution in [1.82, 2.24) is 5.01 Å². The van der Waals surface area contributed by atoms with Gasteiger partial charge in [-0.15, -0.1) is 0 Å². The second kappa shape index (κ2) is 5.93. The van der Waals surface area contributed by atoms with E-state index < -0.39 is 30.3 Å². The normalized spacial score (nSPS) is 23.1. The molecule has 2 atom stereocenters. The maximum atomic E-state index is 13.3. The topological polar surface area (TPSA) is 73.1 Å². The van der Waals surface area contributed by atoms with Crippen molar-refractivity contribution in [1.29, 1.82) is 0 Å². The molecule has 5 nitrogen and oxygen atoms in total. The van der Waals surface area contributed by atoms with E-state index in [0.717, 1.165) is 0 Å². The third kappa shape index (κ3) is 3.09. The second-order valence-electron chi connectivity index (χ2n) is 5.70. The van der Waals surface area contributed by atoms with Crippen LogP contribution < -0.4 is 0 Å². The van der Waals surface area contributed by atoms with Gasteiger partial charge in [0.1, 0.15) is 0 Å². The van der Waals surface area contributed by atoms with E-state index in [1.54, 1.807) is 19.9 Å². The van der Waals surface area contributed by atoms with Crippen molar-refractivity contribution in [3.05, 3.63) is 35.9 Å². The summed E-state index contributed by atoms with van der Waals surface area (Å²) in [6.07, 6.45) is -7.78. The number of amides is 1. The van der Waals surface area contributed by atoms with Crippen LogP contribution in [0.4, 0.5) is 13.2 Å². The van der Waals surface area contributed by atoms with Crippen molar-refractivity contribution in [2.24, 2.45) is 11.0 Å². The molecular formula is C15H17F3N2O3. The Balaban J connectivity index is 2.38. The van der Waals surface area contributed by atoms with Crippen molar-refractivity contribution < 1.29 is 28.2 Å². The zero-order chi connectivity index (χ0) is 17.4. The zero-order valence-corrected chi connectivity index (χ0v) is 12.6. The van der Waals surface area contributed by atoms with Gasteiger partial charge in [-0.05, 0) is 11.5 Å². The van der Waals surface area contributed by atoms with Gasteiger partial charge in [-0.25, -0.2) is 0 Å². The first-order valence-electron chi connectivity index (χ1n) is 7.01. The highest BCUT2D eigenvalue weighted by atomic mass is 19.4. The summed E-state index contributed by atoms with van der Waals surface area (Å²) >= 11 is 0. The van der Waals surface area contributed by atoms with Crippen LogP contribution in [0.2, 0.25) is 0 Å². The molecule has 0 saturated carbocycles. The summed E-state index contributed by atoms with van der Waals surface area (Å²) in [6, 6.07) is 7.51. The van der Waals surface area contributed by atoms with E-state index in [1.165, 1.54) is 24.3 Å². The Kier molecular flexibility index (Phi) is 4.50. The van der Waals surface area contributed by atoms with Crippen LogP contribution in [0.1, 0.15) is 31.9 Å². The van der Waals surface area contributed by atoms with Crippen molar-refractivity contribution in [2.75, 3.05) is 0 Å². The maximum Gasteiger partial charge on any atom is 0.438 e. The highest BCUT2D eigenvalue weighted by Gasteiger charge is 2.63. The van der Waals surface area contributed by atoms with E-state index in [-0.39, 0.29) is 22.2 Å². The molecule has 1 aliphatic heterocycles. The number of carbonyl (C=O) groups is 1. The molecule has 2 N–H and O–H groups in total. The number of benzene rings is 1. The molecule has 2 rings (SSSR count). The summed E-state index contributed by atoms with van der Waals surface area (Å²) in [6.45, 7) is 3.22. The molecular weight excluding hydrogens is 313 g/mol. The van der Waals surface area contributed by atoms with E-state index in [1.807, 2.05) is 0 Å². The quantitative estimate of drug-likeness (QED) is 0.892. The Labute approximate surface area is 131 Å². The van der Waals surface area contributed by atoms with Gasteiger partial charge in [0, 0.05) is 12.1 Å². The predicted molar refractivity (Wildman–Crippen MR) is 76.1 cm³/mol. The SMILES string of the molecule is CC(C)C1=NN(C(=O)[C@@H](O)c2ccccc2)[C@](O)(C(F)(F)F)C1. The summed E-state index contributed by atoms with van der Waals surface area (Å²) in [5.41, 5.74) is -3.28. The van der Waals surface area contributed by atoms with Crippen LogP contribution in [0.15, 0.2) is 35.4 Å². The van der Waals surface area contributed by atoms with Crippen LogP contribution >= 0.6 is 0 Å². The molecule has 1 aliphatic rings. The molecule has 0 spiro atoms. The Morgan fingerprint density at radius 2 is 1.87 bits per heavy atom. The number of rotatable bonds is 3. The van der Waals surface area contributed by atoms with Gasteiger partial charge in [0.2, 0.25) is 0 Å². The summed E-state index contributed by atoms with van der Waals surface area (Å²) in [4.78, 5) is 12.3. The van der Waals surface area contributed by atoms with E-state index in [2.05, 4.69) is 5.10 Å². The standard InChI is InChI=1S/C15H17F3N2O3/c1-9(2)11-8-14(23,15(16,17)18)20(19-11)13(22)12(21)10-6-4-3-5-7-10/h3-7,9,12,21,23H,8H2,1-2H3/t12-,14+/m0/s1. The maximum absolute atomic E-state index is 13.3. The van der Waals surface area contributed by atoms with Gasteiger partial charge >= 0.3 is 6.18 Å². The Bertz CT molecular complexity index is 616. The third-order valence-electron chi connectivity index (χ3n) is 3.68. The molecule has 0 unspecified atom stereocenters. The molecule has 0 aliphatic carbocycles. The Morgan fingerprint density at radius 1 is 1.30 bits per heavy atom. The minimum atomic E-state index is -5.10. The Morgan fingerprint density at radius 3 is 2.35 bits per heavy atom. The summed E-state index contributed by atoms with van der Waals surface area (Å²) in [7, 11) is 0. The molecule has 8 heteroatoms. The fraction of sp³-hybridized carbons (Fsp3) is 0.467. The highest BCUT2D eigenvalue weighted by Crippen LogP contribution is 2.42. The van der Waals surface area contributed by atoms with Crippen LogP contribution in [0.25, 0.3) is 0 Å². The first-order valence-corrected chi connectivity index (χ1v) is 7.01. The first-order chi connectivity index (χ1) is 10.6. The molecule has 0 aromatic heterocycles. The van der Waals surface area contributed by atoms with Crippen molar-refractivity contribution >= 4 is 11.6 Å². The van der Waals surface area contributed by atoms with Gasteiger partial charge in [-0.2, -0.15) is 23.3 Å². The molecule has 0 saturated heterocycles. The fourth-order valence-corrected chi connectivity index (χ4v) is 2.24. The smallest absolute Gasteiger partial charge is 0.378 e. The van der Waals surface area contributed by atoms with E-state index in [4.69, 9.17) is 0 Å². The van der Waals surface area contributed by atoms with Crippen LogP contribution in [-0.4, -0.2) is 38.7 Å². The minimum absolute atomic E-state index is 0.0402. The number of hydrogen-bond acceptors (Lipinski definition) is 4. The van der Waals surface area contributed by atoms with Crippen molar-refractivity contribution in [3.8, 4) is 0 Å². The van der Waals surface area contributed by atoms with Crippen LogP contribution in [0.3, 0.4) is 0 Å². The third-order valence-corrected chi connectivity index (χ3v) is 3.68. The van der Waals surface area contributed by atoms with Crippen LogP contribution in [0, 0.1) is 5.92 Å². The molecule has 23 heavy (non-hydrogen) atoms. The lowest BCUT2D eigenvalue weighted by molar-refractivity contribution is -0.303. The average Bonchev–Trinajstić information content (AvgIpc) is 2.86. The molecule has 0 radical (unpaired) electrons. The van der Waals surface area contributed by atoms with Gasteiger partial charge in [-0.1, -0.05) is 44.2 Å². The molecule has 0 fully saturated rings. The second-order valence-corrected chi connectivity index (χ2v) is 5.70. The summed E-state index contributed by atoms with van der Waals surface area (Å²) < 4.78 is 39.8.